The Morgan fingerprint density at radius 2 is 1.95 bits per heavy atom. The summed E-state index contributed by atoms with van der Waals surface area (Å²) < 4.78 is 9.95. The van der Waals surface area contributed by atoms with Gasteiger partial charge in [0.2, 0.25) is 0 Å². The van der Waals surface area contributed by atoms with Crippen molar-refractivity contribution in [3.05, 3.63) is 11.6 Å². The van der Waals surface area contributed by atoms with E-state index in [1.165, 1.54) is 7.11 Å². The van der Waals surface area contributed by atoms with Crippen LogP contribution in [0.5, 0.6) is 0 Å². The zero-order valence-corrected chi connectivity index (χ0v) is 12.3. The number of carbonyl (C=O) groups excluding carboxylic acids is 2. The molecule has 0 saturated carbocycles. The van der Waals surface area contributed by atoms with Gasteiger partial charge in [0.15, 0.2) is 0 Å². The molecular formula is C14H23NO4. The molecule has 0 unspecified atom stereocenters. The van der Waals surface area contributed by atoms with E-state index in [0.717, 1.165) is 6.42 Å². The summed E-state index contributed by atoms with van der Waals surface area (Å²) in [7, 11) is 1.34. The third-order valence-corrected chi connectivity index (χ3v) is 2.86. The van der Waals surface area contributed by atoms with Gasteiger partial charge in [-0.1, -0.05) is 13.0 Å². The summed E-state index contributed by atoms with van der Waals surface area (Å²) in [4.78, 5) is 23.5. The van der Waals surface area contributed by atoms with E-state index in [1.807, 2.05) is 13.0 Å². The van der Waals surface area contributed by atoms with Crippen LogP contribution in [0.4, 0.5) is 4.79 Å². The molecule has 5 nitrogen and oxygen atoms in total. The van der Waals surface area contributed by atoms with Gasteiger partial charge in [0.25, 0.3) is 0 Å². The van der Waals surface area contributed by atoms with E-state index < -0.39 is 17.7 Å². The van der Waals surface area contributed by atoms with Gasteiger partial charge in [-0.25, -0.2) is 9.59 Å². The number of ether oxygens (including phenoxy) is 2. The number of carbonyl (C=O) groups is 2. The highest BCUT2D eigenvalue weighted by molar-refractivity contribution is 5.90. The first-order chi connectivity index (χ1) is 8.73. The van der Waals surface area contributed by atoms with Crippen LogP contribution >= 0.6 is 0 Å². The molecule has 0 aromatic heterocycles. The minimum Gasteiger partial charge on any atom is -0.466 e. The van der Waals surface area contributed by atoms with Crippen LogP contribution in [-0.4, -0.2) is 30.8 Å². The van der Waals surface area contributed by atoms with Crippen molar-refractivity contribution in [3.63, 3.8) is 0 Å². The minimum atomic E-state index is -0.554. The number of hydrogen-bond donors (Lipinski definition) is 1. The highest BCUT2D eigenvalue weighted by Gasteiger charge is 2.29. The normalized spacial score (nSPS) is 23.3. The number of hydrogen-bond acceptors (Lipinski definition) is 4. The summed E-state index contributed by atoms with van der Waals surface area (Å²) in [6.45, 7) is 7.43. The molecule has 1 aliphatic carbocycles. The molecule has 0 spiro atoms. The number of nitrogens with one attached hydrogen (secondary N) is 1. The predicted octanol–water partition coefficient (Wildman–Crippen LogP) is 2.41. The number of alkyl carbamates (subject to hydrolysis) is 1. The molecule has 0 aromatic carbocycles. The largest absolute Gasteiger partial charge is 0.466 e. The molecule has 0 bridgehead atoms. The zero-order valence-electron chi connectivity index (χ0n) is 12.3. The fourth-order valence-corrected chi connectivity index (χ4v) is 2.02. The molecule has 0 heterocycles. The monoisotopic (exact) mass is 269 g/mol. The minimum absolute atomic E-state index is 0.311. The Balaban J connectivity index is 2.73. The second-order valence-electron chi connectivity index (χ2n) is 5.87. The Hall–Kier alpha value is -1.52. The van der Waals surface area contributed by atoms with Crippen LogP contribution in [0, 0.1) is 5.92 Å². The molecule has 0 aliphatic heterocycles. The average molecular weight is 269 g/mol. The van der Waals surface area contributed by atoms with Crippen molar-refractivity contribution in [1.29, 1.82) is 0 Å². The van der Waals surface area contributed by atoms with Crippen molar-refractivity contribution >= 4 is 12.1 Å². The van der Waals surface area contributed by atoms with Crippen molar-refractivity contribution in [2.75, 3.05) is 7.11 Å². The molecule has 5 heteroatoms. The Morgan fingerprint density at radius 1 is 1.32 bits per heavy atom. The molecular weight excluding hydrogens is 246 g/mol. The van der Waals surface area contributed by atoms with Gasteiger partial charge in [-0.05, 0) is 39.5 Å². The van der Waals surface area contributed by atoms with Crippen molar-refractivity contribution in [2.45, 2.75) is 52.2 Å². The fourth-order valence-electron chi connectivity index (χ4n) is 2.02. The molecule has 0 radical (unpaired) electrons. The van der Waals surface area contributed by atoms with Gasteiger partial charge < -0.3 is 14.8 Å². The van der Waals surface area contributed by atoms with Gasteiger partial charge in [-0.2, -0.15) is 0 Å². The SMILES string of the molecule is COC(=O)C1=C[C@H](C)CC[C@@H]1NC(=O)OC(C)(C)C. The lowest BCUT2D eigenvalue weighted by molar-refractivity contribution is -0.136. The van der Waals surface area contributed by atoms with Crippen molar-refractivity contribution in [1.82, 2.24) is 5.32 Å². The Labute approximate surface area is 114 Å². The molecule has 2 atom stereocenters. The van der Waals surface area contributed by atoms with Gasteiger partial charge in [-0.15, -0.1) is 0 Å². The summed E-state index contributed by atoms with van der Waals surface area (Å²) in [5.74, 6) is -0.0848. The van der Waals surface area contributed by atoms with Gasteiger partial charge in [0, 0.05) is 0 Å². The van der Waals surface area contributed by atoms with E-state index in [0.29, 0.717) is 17.9 Å². The van der Waals surface area contributed by atoms with Crippen LogP contribution in [0.25, 0.3) is 0 Å². The molecule has 1 amide bonds. The average Bonchev–Trinajstić information content (AvgIpc) is 2.28. The molecule has 1 aliphatic rings. The van der Waals surface area contributed by atoms with Gasteiger partial charge in [0.1, 0.15) is 5.60 Å². The molecule has 0 fully saturated rings. The predicted molar refractivity (Wildman–Crippen MR) is 71.7 cm³/mol. The number of esters is 1. The summed E-state index contributed by atoms with van der Waals surface area (Å²) in [6.07, 6.45) is 2.97. The van der Waals surface area contributed by atoms with E-state index in [4.69, 9.17) is 9.47 Å². The summed E-state index contributed by atoms with van der Waals surface area (Å²) in [6, 6.07) is -0.335. The Bertz CT molecular complexity index is 381. The standard InChI is InChI=1S/C14H23NO4/c1-9-6-7-11(10(8-9)12(16)18-5)15-13(17)19-14(2,3)4/h8-9,11H,6-7H2,1-5H3,(H,15,17)/t9-,11+/m1/s1. The van der Waals surface area contributed by atoms with Crippen LogP contribution in [-0.2, 0) is 14.3 Å². The highest BCUT2D eigenvalue weighted by Crippen LogP contribution is 2.24. The first kappa shape index (κ1) is 15.5. The second kappa shape index (κ2) is 6.08. The summed E-state index contributed by atoms with van der Waals surface area (Å²) >= 11 is 0. The first-order valence-electron chi connectivity index (χ1n) is 6.52. The maximum atomic E-state index is 11.8. The van der Waals surface area contributed by atoms with Crippen LogP contribution in [0.15, 0.2) is 11.6 Å². The number of methoxy groups -OCH3 is 1. The van der Waals surface area contributed by atoms with E-state index in [-0.39, 0.29) is 6.04 Å². The molecule has 19 heavy (non-hydrogen) atoms. The van der Waals surface area contributed by atoms with E-state index in [2.05, 4.69) is 5.32 Å². The first-order valence-corrected chi connectivity index (χ1v) is 6.52. The lowest BCUT2D eigenvalue weighted by Gasteiger charge is -2.28. The van der Waals surface area contributed by atoms with Crippen LogP contribution < -0.4 is 5.32 Å². The van der Waals surface area contributed by atoms with Crippen molar-refractivity contribution in [2.24, 2.45) is 5.92 Å². The van der Waals surface area contributed by atoms with Crippen LogP contribution in [0.3, 0.4) is 0 Å². The van der Waals surface area contributed by atoms with Crippen LogP contribution in [0.1, 0.15) is 40.5 Å². The van der Waals surface area contributed by atoms with Crippen molar-refractivity contribution in [3.8, 4) is 0 Å². The number of allylic oxidation sites excluding steroid dienone is 1. The maximum absolute atomic E-state index is 11.8. The lowest BCUT2D eigenvalue weighted by Crippen LogP contribution is -2.43. The molecule has 1 N–H and O–H groups in total. The molecule has 0 saturated heterocycles. The smallest absolute Gasteiger partial charge is 0.408 e. The quantitative estimate of drug-likeness (QED) is 0.782. The third kappa shape index (κ3) is 4.93. The summed E-state index contributed by atoms with van der Waals surface area (Å²) in [5.41, 5.74) is -0.0478. The highest BCUT2D eigenvalue weighted by atomic mass is 16.6. The molecule has 1 rings (SSSR count). The Kier molecular flexibility index (Phi) is 4.97. The van der Waals surface area contributed by atoms with E-state index in [1.54, 1.807) is 20.8 Å². The third-order valence-electron chi connectivity index (χ3n) is 2.86. The van der Waals surface area contributed by atoms with Gasteiger partial charge >= 0.3 is 12.1 Å². The molecule has 108 valence electrons. The maximum Gasteiger partial charge on any atom is 0.408 e. The zero-order chi connectivity index (χ0) is 14.6. The van der Waals surface area contributed by atoms with Crippen LogP contribution in [0.2, 0.25) is 0 Å². The van der Waals surface area contributed by atoms with Crippen molar-refractivity contribution < 1.29 is 19.1 Å². The van der Waals surface area contributed by atoms with E-state index in [9.17, 15) is 9.59 Å². The summed E-state index contributed by atoms with van der Waals surface area (Å²) in [5, 5.41) is 2.73. The van der Waals surface area contributed by atoms with E-state index >= 15 is 0 Å². The fraction of sp³-hybridized carbons (Fsp3) is 0.714. The van der Waals surface area contributed by atoms with Gasteiger partial charge in [0.05, 0.1) is 18.7 Å². The second-order valence-corrected chi connectivity index (χ2v) is 5.87. The lowest BCUT2D eigenvalue weighted by atomic mass is 9.88. The Morgan fingerprint density at radius 3 is 2.47 bits per heavy atom. The number of amides is 1. The molecule has 0 aromatic rings. The van der Waals surface area contributed by atoms with Gasteiger partial charge in [-0.3, -0.25) is 0 Å². The topological polar surface area (TPSA) is 64.6 Å². The number of rotatable bonds is 2.